The summed E-state index contributed by atoms with van der Waals surface area (Å²) < 4.78 is 54.5. The van der Waals surface area contributed by atoms with Crippen molar-refractivity contribution in [2.24, 2.45) is 0 Å². The van der Waals surface area contributed by atoms with Gasteiger partial charge in [-0.15, -0.1) is 0 Å². The van der Waals surface area contributed by atoms with Crippen molar-refractivity contribution in [3.63, 3.8) is 0 Å². The number of carbonyl (C=O) groups is 3. The summed E-state index contributed by atoms with van der Waals surface area (Å²) in [5.74, 6) is -4.75. The second kappa shape index (κ2) is 13.1. The zero-order valence-electron chi connectivity index (χ0n) is 22.5. The zero-order chi connectivity index (χ0) is 31.1. The number of carbonyl (C=O) groups excluding carboxylic acids is 3. The number of hydrogen-bond donors (Lipinski definition) is 1. The summed E-state index contributed by atoms with van der Waals surface area (Å²) in [5.41, 5.74) is 0.0673. The van der Waals surface area contributed by atoms with Crippen molar-refractivity contribution in [1.82, 2.24) is 10.3 Å². The molecule has 1 aliphatic carbocycles. The van der Waals surface area contributed by atoms with Gasteiger partial charge < -0.3 is 5.32 Å². The molecule has 3 amide bonds. The van der Waals surface area contributed by atoms with Crippen LogP contribution in [0.5, 0.6) is 0 Å². The topological polar surface area (TPSA) is 130 Å². The highest BCUT2D eigenvalue weighted by Gasteiger charge is 2.47. The van der Waals surface area contributed by atoms with E-state index in [4.69, 9.17) is 10.5 Å². The van der Waals surface area contributed by atoms with Crippen molar-refractivity contribution < 1.29 is 31.9 Å². The van der Waals surface area contributed by atoms with Crippen LogP contribution in [0.4, 0.5) is 29.1 Å². The molecule has 0 spiro atoms. The van der Waals surface area contributed by atoms with Crippen LogP contribution < -0.4 is 15.1 Å². The number of halogens is 4. The van der Waals surface area contributed by atoms with Crippen molar-refractivity contribution in [2.75, 3.05) is 16.3 Å². The molecule has 0 radical (unpaired) electrons. The van der Waals surface area contributed by atoms with Crippen molar-refractivity contribution in [3.05, 3.63) is 89.1 Å². The Balaban J connectivity index is 0.000000251. The average Bonchev–Trinajstić information content (AvgIpc) is 3.41. The molecular formula is C30H24F4N6O3. The maximum atomic E-state index is 14.4. The number of alkyl halides is 2. The van der Waals surface area contributed by atoms with Crippen LogP contribution in [0.25, 0.3) is 0 Å². The number of nitrogens with one attached hydrogen (secondary N) is 1. The first-order chi connectivity index (χ1) is 20.5. The molecule has 1 N–H and O–H groups in total. The maximum Gasteiger partial charge on any atom is 0.252 e. The molecular weight excluding hydrogens is 568 g/mol. The first kappa shape index (κ1) is 30.7. The molecule has 13 heteroatoms. The first-order valence-electron chi connectivity index (χ1n) is 13.1. The third-order valence-electron chi connectivity index (χ3n) is 6.81. The second-order valence-corrected chi connectivity index (χ2v) is 9.88. The van der Waals surface area contributed by atoms with Gasteiger partial charge in [0.25, 0.3) is 5.92 Å². The fourth-order valence-corrected chi connectivity index (χ4v) is 4.74. The standard InChI is InChI=1S/C20H15F4N3O2.C10H9N3O/c21-13-5-12(10-25)6-15(7-13)27(11-28)18(16-3-1-2-4-17(16)22)19(29)26-14-8-20(23,24)9-14;11-7-8-3-4-12-9(6-8)13-5-1-2-10(13)14/h1-7,11,14,18H,8-9H2,(H,26,29);3-4,6H,1-2,5H2. The number of rotatable bonds is 7. The van der Waals surface area contributed by atoms with Crippen LogP contribution >= 0.6 is 0 Å². The van der Waals surface area contributed by atoms with Gasteiger partial charge in [-0.2, -0.15) is 10.5 Å². The van der Waals surface area contributed by atoms with Crippen LogP contribution in [0.15, 0.2) is 60.8 Å². The monoisotopic (exact) mass is 592 g/mol. The van der Waals surface area contributed by atoms with Crippen LogP contribution in [0, 0.1) is 34.3 Å². The molecule has 1 aromatic heterocycles. The zero-order valence-corrected chi connectivity index (χ0v) is 22.5. The van der Waals surface area contributed by atoms with Gasteiger partial charge in [-0.1, -0.05) is 18.2 Å². The number of anilines is 2. The second-order valence-electron chi connectivity index (χ2n) is 9.88. The van der Waals surface area contributed by atoms with Gasteiger partial charge in [0.1, 0.15) is 23.5 Å². The summed E-state index contributed by atoms with van der Waals surface area (Å²) >= 11 is 0. The molecule has 9 nitrogen and oxygen atoms in total. The van der Waals surface area contributed by atoms with E-state index in [2.05, 4.69) is 10.3 Å². The van der Waals surface area contributed by atoms with E-state index in [1.54, 1.807) is 29.3 Å². The fraction of sp³-hybridized carbons (Fsp3) is 0.267. The minimum absolute atomic E-state index is 0.0904. The molecule has 2 fully saturated rings. The summed E-state index contributed by atoms with van der Waals surface area (Å²) in [5, 5.41) is 20.1. The molecule has 1 saturated heterocycles. The Bertz CT molecular complexity index is 1610. The lowest BCUT2D eigenvalue weighted by Gasteiger charge is -2.37. The summed E-state index contributed by atoms with van der Waals surface area (Å²) in [7, 11) is 0. The highest BCUT2D eigenvalue weighted by Crippen LogP contribution is 2.38. The molecule has 2 aliphatic rings. The molecule has 1 unspecified atom stereocenters. The number of aromatic nitrogens is 1. The number of amides is 3. The molecule has 1 atom stereocenters. The number of nitrogens with zero attached hydrogens (tertiary/aromatic N) is 5. The van der Waals surface area contributed by atoms with E-state index >= 15 is 0 Å². The lowest BCUT2D eigenvalue weighted by molar-refractivity contribution is -0.131. The minimum atomic E-state index is -2.89. The van der Waals surface area contributed by atoms with Crippen LogP contribution in [0.3, 0.4) is 0 Å². The van der Waals surface area contributed by atoms with E-state index in [1.165, 1.54) is 18.2 Å². The van der Waals surface area contributed by atoms with E-state index in [0.29, 0.717) is 24.3 Å². The van der Waals surface area contributed by atoms with Crippen LogP contribution in [0.1, 0.15) is 48.4 Å². The number of benzene rings is 2. The van der Waals surface area contributed by atoms with Crippen molar-refractivity contribution in [2.45, 2.75) is 43.7 Å². The third-order valence-corrected chi connectivity index (χ3v) is 6.81. The summed E-state index contributed by atoms with van der Waals surface area (Å²) in [6.45, 7) is 0.709. The highest BCUT2D eigenvalue weighted by molar-refractivity contribution is 5.94. The van der Waals surface area contributed by atoms with Gasteiger partial charge in [0, 0.05) is 49.3 Å². The largest absolute Gasteiger partial charge is 0.351 e. The quantitative estimate of drug-likeness (QED) is 0.317. The van der Waals surface area contributed by atoms with Gasteiger partial charge in [-0.25, -0.2) is 22.5 Å². The number of hydrogen-bond acceptors (Lipinski definition) is 6. The Morgan fingerprint density at radius 1 is 1.09 bits per heavy atom. The highest BCUT2D eigenvalue weighted by atomic mass is 19.3. The molecule has 2 heterocycles. The SMILES string of the molecule is N#Cc1cc(F)cc(N(C=O)C(C(=O)NC2CC(F)(F)C2)c2ccccc2F)c1.N#Cc1ccnc(N2CCCC2=O)c1. The molecule has 1 aliphatic heterocycles. The molecule has 3 aromatic rings. The average molecular weight is 593 g/mol. The molecule has 220 valence electrons. The number of pyridine rings is 1. The minimum Gasteiger partial charge on any atom is -0.351 e. The van der Waals surface area contributed by atoms with Gasteiger partial charge in [-0.3, -0.25) is 24.2 Å². The van der Waals surface area contributed by atoms with Crippen LogP contribution in [-0.4, -0.2) is 41.7 Å². The molecule has 43 heavy (non-hydrogen) atoms. The maximum absolute atomic E-state index is 14.4. The van der Waals surface area contributed by atoms with Crippen LogP contribution in [0.2, 0.25) is 0 Å². The Morgan fingerprint density at radius 3 is 2.42 bits per heavy atom. The third kappa shape index (κ3) is 7.32. The van der Waals surface area contributed by atoms with E-state index in [0.717, 1.165) is 35.6 Å². The first-order valence-corrected chi connectivity index (χ1v) is 13.1. The van der Waals surface area contributed by atoms with Gasteiger partial charge >= 0.3 is 0 Å². The Labute approximate surface area is 244 Å². The molecule has 2 aromatic carbocycles. The molecule has 1 saturated carbocycles. The molecule has 0 bridgehead atoms. The smallest absolute Gasteiger partial charge is 0.252 e. The van der Waals surface area contributed by atoms with E-state index in [-0.39, 0.29) is 29.1 Å². The normalized spacial score (nSPS) is 16.0. The van der Waals surface area contributed by atoms with Crippen molar-refractivity contribution >= 4 is 29.7 Å². The fourth-order valence-electron chi connectivity index (χ4n) is 4.74. The number of nitriles is 2. The van der Waals surface area contributed by atoms with Gasteiger partial charge in [0.2, 0.25) is 18.2 Å². The summed E-state index contributed by atoms with van der Waals surface area (Å²) in [6, 6.07) is 12.8. The summed E-state index contributed by atoms with van der Waals surface area (Å²) in [6.07, 6.45) is 2.07. The van der Waals surface area contributed by atoms with Gasteiger partial charge in [-0.05, 0) is 42.8 Å². The Morgan fingerprint density at radius 2 is 1.81 bits per heavy atom. The Hall–Kier alpha value is -5.30. The van der Waals surface area contributed by atoms with Crippen LogP contribution in [-0.2, 0) is 14.4 Å². The van der Waals surface area contributed by atoms with Crippen molar-refractivity contribution in [1.29, 1.82) is 10.5 Å². The van der Waals surface area contributed by atoms with E-state index in [9.17, 15) is 31.9 Å². The predicted octanol–water partition coefficient (Wildman–Crippen LogP) is 4.53. The van der Waals surface area contributed by atoms with E-state index in [1.807, 2.05) is 6.07 Å². The summed E-state index contributed by atoms with van der Waals surface area (Å²) in [4.78, 5) is 42.5. The van der Waals surface area contributed by atoms with Gasteiger partial charge in [0.05, 0.1) is 23.3 Å². The van der Waals surface area contributed by atoms with Gasteiger partial charge in [0.15, 0.2) is 0 Å². The Kier molecular flexibility index (Phi) is 9.36. The van der Waals surface area contributed by atoms with Crippen molar-refractivity contribution in [3.8, 4) is 12.1 Å². The lowest BCUT2D eigenvalue weighted by Crippen LogP contribution is -2.53. The predicted molar refractivity (Wildman–Crippen MR) is 145 cm³/mol. The molecule has 5 rings (SSSR count). The lowest BCUT2D eigenvalue weighted by atomic mass is 9.87. The van der Waals surface area contributed by atoms with E-state index < -0.39 is 48.4 Å².